The van der Waals surface area contributed by atoms with Crippen LogP contribution < -0.4 is 22.5 Å². The quantitative estimate of drug-likeness (QED) is 0.310. The van der Waals surface area contributed by atoms with Gasteiger partial charge in [-0.2, -0.15) is 0 Å². The van der Waals surface area contributed by atoms with E-state index in [0.717, 1.165) is 63.3 Å². The van der Waals surface area contributed by atoms with E-state index in [1.54, 1.807) is 0 Å². The van der Waals surface area contributed by atoms with Gasteiger partial charge in [0.25, 0.3) is 0 Å². The first-order valence-electron chi connectivity index (χ1n) is 14.3. The Morgan fingerprint density at radius 1 is 0.882 bits per heavy atom. The molecule has 8 unspecified atom stereocenters. The van der Waals surface area contributed by atoms with Gasteiger partial charge in [-0.05, 0) is 81.5 Å². The second-order valence-corrected chi connectivity index (χ2v) is 12.4. The monoisotopic (exact) mass is 472 g/mol. The molecule has 7 heteroatoms. The minimum absolute atomic E-state index is 0.119. The molecule has 5 aliphatic rings. The van der Waals surface area contributed by atoms with Crippen LogP contribution >= 0.6 is 0 Å². The average Bonchev–Trinajstić information content (AvgIpc) is 3.11. The van der Waals surface area contributed by atoms with Crippen molar-refractivity contribution in [2.45, 2.75) is 120 Å². The van der Waals surface area contributed by atoms with Crippen LogP contribution in [0, 0.1) is 35.0 Å². The maximum atomic E-state index is 13.8. The molecule has 34 heavy (non-hydrogen) atoms. The van der Waals surface area contributed by atoms with E-state index in [0.29, 0.717) is 17.8 Å². The summed E-state index contributed by atoms with van der Waals surface area (Å²) >= 11 is 0. The molecule has 0 aromatic heterocycles. The summed E-state index contributed by atoms with van der Waals surface area (Å²) < 4.78 is 0. The minimum Gasteiger partial charge on any atom is -0.387 e. The van der Waals surface area contributed by atoms with Gasteiger partial charge in [0.15, 0.2) is 0 Å². The lowest BCUT2D eigenvalue weighted by atomic mass is 9.65. The lowest BCUT2D eigenvalue weighted by Crippen LogP contribution is -2.56. The van der Waals surface area contributed by atoms with Gasteiger partial charge >= 0.3 is 0 Å². The van der Waals surface area contributed by atoms with Crippen LogP contribution in [0.15, 0.2) is 0 Å². The molecular formula is C27H48N6O. The van der Waals surface area contributed by atoms with Gasteiger partial charge in [0.2, 0.25) is 5.91 Å². The molecule has 1 heterocycles. The van der Waals surface area contributed by atoms with Gasteiger partial charge in [0.1, 0.15) is 6.04 Å². The van der Waals surface area contributed by atoms with Gasteiger partial charge < -0.3 is 22.5 Å². The molecular weight excluding hydrogens is 424 g/mol. The maximum absolute atomic E-state index is 13.8. The van der Waals surface area contributed by atoms with Crippen molar-refractivity contribution < 1.29 is 4.79 Å². The highest BCUT2D eigenvalue weighted by Crippen LogP contribution is 2.47. The van der Waals surface area contributed by atoms with Crippen LogP contribution in [-0.2, 0) is 4.79 Å². The average molecular weight is 473 g/mol. The Labute approximate surface area is 205 Å². The van der Waals surface area contributed by atoms with Crippen molar-refractivity contribution in [3.05, 3.63) is 0 Å². The fourth-order valence-corrected chi connectivity index (χ4v) is 8.65. The van der Waals surface area contributed by atoms with Crippen LogP contribution in [0.1, 0.15) is 89.9 Å². The molecule has 4 aliphatic carbocycles. The highest BCUT2D eigenvalue weighted by molar-refractivity contribution is 5.84. The predicted octanol–water partition coefficient (Wildman–Crippen LogP) is 2.71. The molecule has 0 aromatic rings. The van der Waals surface area contributed by atoms with Crippen molar-refractivity contribution in [1.82, 2.24) is 10.2 Å². The van der Waals surface area contributed by atoms with Gasteiger partial charge in [-0.15, -0.1) is 0 Å². The maximum Gasteiger partial charge on any atom is 0.239 e. The number of nitrogens with one attached hydrogen (secondary N) is 2. The minimum atomic E-state index is -0.250. The number of hydrogen-bond acceptors (Lipinski definition) is 5. The van der Waals surface area contributed by atoms with E-state index in [2.05, 4.69) is 10.2 Å². The smallest absolute Gasteiger partial charge is 0.239 e. The molecule has 0 bridgehead atoms. The summed E-state index contributed by atoms with van der Waals surface area (Å²) in [5.74, 6) is 3.22. The highest BCUT2D eigenvalue weighted by Gasteiger charge is 2.53. The second kappa shape index (κ2) is 10.4. The number of nitrogens with two attached hydrogens (primary N) is 3. The number of likely N-dealkylation sites (tertiary alicyclic amines) is 1. The zero-order chi connectivity index (χ0) is 23.8. The fourth-order valence-electron chi connectivity index (χ4n) is 8.65. The Hall–Kier alpha value is -1.18. The van der Waals surface area contributed by atoms with Gasteiger partial charge in [-0.25, -0.2) is 0 Å². The molecule has 0 radical (unpaired) electrons. The predicted molar refractivity (Wildman–Crippen MR) is 136 cm³/mol. The fraction of sp³-hybridized carbons (Fsp3) is 0.926. The Morgan fingerprint density at radius 2 is 1.62 bits per heavy atom. The summed E-state index contributed by atoms with van der Waals surface area (Å²) in [7, 11) is 0. The number of hydrogen-bond donors (Lipinski definition) is 5. The number of fused-ring (bicyclic) bond motifs is 2. The van der Waals surface area contributed by atoms with E-state index < -0.39 is 0 Å². The summed E-state index contributed by atoms with van der Waals surface area (Å²) in [4.78, 5) is 16.3. The van der Waals surface area contributed by atoms with Crippen LogP contribution in [0.5, 0.6) is 0 Å². The SMILES string of the molecule is N=C(N)C1CCC2C(C1)C(N)C(C(=O)NC1CCC(N)CC1)N2CC1CCCC2CCCCC21. The molecule has 0 aromatic carbocycles. The first-order valence-corrected chi connectivity index (χ1v) is 14.3. The van der Waals surface area contributed by atoms with Crippen LogP contribution in [0.2, 0.25) is 0 Å². The molecule has 7 nitrogen and oxygen atoms in total. The molecule has 0 spiro atoms. The third-order valence-electron chi connectivity index (χ3n) is 10.5. The Balaban J connectivity index is 1.34. The number of amidine groups is 1. The first kappa shape index (κ1) is 24.5. The summed E-state index contributed by atoms with van der Waals surface area (Å²) in [6.07, 6.45) is 16.3. The Kier molecular flexibility index (Phi) is 7.52. The number of carbonyl (C=O) groups excluding carboxylic acids is 1. The largest absolute Gasteiger partial charge is 0.387 e. The zero-order valence-corrected chi connectivity index (χ0v) is 21.0. The normalized spacial score (nSPS) is 45.2. The summed E-state index contributed by atoms with van der Waals surface area (Å²) in [5.41, 5.74) is 18.9. The molecule has 8 atom stereocenters. The van der Waals surface area contributed by atoms with Crippen molar-refractivity contribution in [3.8, 4) is 0 Å². The number of carbonyl (C=O) groups is 1. The third kappa shape index (κ3) is 4.90. The van der Waals surface area contributed by atoms with Gasteiger partial charge in [0, 0.05) is 36.6 Å². The van der Waals surface area contributed by atoms with Crippen molar-refractivity contribution >= 4 is 11.7 Å². The van der Waals surface area contributed by atoms with Crippen molar-refractivity contribution in [1.29, 1.82) is 5.41 Å². The van der Waals surface area contributed by atoms with Gasteiger partial charge in [-0.1, -0.05) is 32.1 Å². The molecule has 4 saturated carbocycles. The number of amides is 1. The second-order valence-electron chi connectivity index (χ2n) is 12.4. The Morgan fingerprint density at radius 3 is 2.38 bits per heavy atom. The van der Waals surface area contributed by atoms with E-state index in [-0.39, 0.29) is 41.9 Å². The van der Waals surface area contributed by atoms with Crippen LogP contribution in [0.3, 0.4) is 0 Å². The lowest BCUT2D eigenvalue weighted by molar-refractivity contribution is -0.127. The topological polar surface area (TPSA) is 134 Å². The van der Waals surface area contributed by atoms with E-state index in [1.807, 2.05) is 0 Å². The van der Waals surface area contributed by atoms with Crippen LogP contribution in [-0.4, -0.2) is 53.4 Å². The number of rotatable bonds is 5. The van der Waals surface area contributed by atoms with E-state index in [4.69, 9.17) is 22.6 Å². The van der Waals surface area contributed by atoms with Crippen LogP contribution in [0.25, 0.3) is 0 Å². The molecule has 192 valence electrons. The first-order chi connectivity index (χ1) is 16.4. The summed E-state index contributed by atoms with van der Waals surface area (Å²) in [6.45, 7) is 1.02. The molecule has 5 rings (SSSR count). The molecule has 1 amide bonds. The Bertz CT molecular complexity index is 735. The van der Waals surface area contributed by atoms with Crippen LogP contribution in [0.4, 0.5) is 0 Å². The highest BCUT2D eigenvalue weighted by atomic mass is 16.2. The van der Waals surface area contributed by atoms with Crippen molar-refractivity contribution in [3.63, 3.8) is 0 Å². The van der Waals surface area contributed by atoms with E-state index in [1.165, 1.54) is 44.9 Å². The summed E-state index contributed by atoms with van der Waals surface area (Å²) in [6, 6.07) is 0.431. The van der Waals surface area contributed by atoms with Gasteiger partial charge in [-0.3, -0.25) is 15.1 Å². The lowest BCUT2D eigenvalue weighted by Gasteiger charge is -2.45. The molecule has 8 N–H and O–H groups in total. The molecule has 5 fully saturated rings. The third-order valence-corrected chi connectivity index (χ3v) is 10.5. The van der Waals surface area contributed by atoms with E-state index in [9.17, 15) is 4.79 Å². The molecule has 1 saturated heterocycles. The number of nitrogens with zero attached hydrogens (tertiary/aromatic N) is 1. The zero-order valence-electron chi connectivity index (χ0n) is 21.0. The van der Waals surface area contributed by atoms with E-state index >= 15 is 0 Å². The van der Waals surface area contributed by atoms with Gasteiger partial charge in [0.05, 0.1) is 5.84 Å². The summed E-state index contributed by atoms with van der Waals surface area (Å²) in [5, 5.41) is 11.4. The van der Waals surface area contributed by atoms with Crippen molar-refractivity contribution in [2.75, 3.05) is 6.54 Å². The standard InChI is InChI=1S/C27H48N6O/c28-19-9-11-20(12-10-19)32-27(34)25-24(29)22-14-17(26(30)31)8-13-23(22)33(25)15-18-6-3-5-16-4-1-2-7-21(16)18/h16-25H,1-15,28-29H2,(H3,30,31)(H,32,34). The van der Waals surface area contributed by atoms with Crippen molar-refractivity contribution in [2.24, 2.45) is 46.8 Å². The molecule has 1 aliphatic heterocycles.